The number of rotatable bonds is 3. The van der Waals surface area contributed by atoms with Crippen molar-refractivity contribution in [1.82, 2.24) is 0 Å². The molecule has 10 heavy (non-hydrogen) atoms. The van der Waals surface area contributed by atoms with E-state index in [1.807, 2.05) is 0 Å². The van der Waals surface area contributed by atoms with Gasteiger partial charge < -0.3 is 4.85 Å². The molecular weight excluding hydrogens is 154 g/mol. The Morgan fingerprint density at radius 3 is 2.50 bits per heavy atom. The summed E-state index contributed by atoms with van der Waals surface area (Å²) >= 11 is 0. The van der Waals surface area contributed by atoms with Gasteiger partial charge in [-0.2, -0.15) is 8.42 Å². The van der Waals surface area contributed by atoms with Crippen LogP contribution >= 0.6 is 0 Å². The van der Waals surface area contributed by atoms with Crippen LogP contribution in [0.1, 0.15) is 6.92 Å². The first kappa shape index (κ1) is 9.40. The Balaban J connectivity index is 3.70. The quantitative estimate of drug-likeness (QED) is 0.443. The van der Waals surface area contributed by atoms with Crippen molar-refractivity contribution in [2.75, 3.05) is 12.9 Å². The third kappa shape index (κ3) is 5.54. The smallest absolute Gasteiger partial charge is 0.264 e. The first-order valence-corrected chi connectivity index (χ1v) is 4.48. The van der Waals surface area contributed by atoms with Crippen LogP contribution in [0.4, 0.5) is 0 Å². The molecule has 0 aromatic rings. The zero-order valence-electron chi connectivity index (χ0n) is 5.86. The third-order valence-corrected chi connectivity index (χ3v) is 1.31. The van der Waals surface area contributed by atoms with E-state index in [4.69, 9.17) is 6.57 Å². The van der Waals surface area contributed by atoms with Crippen molar-refractivity contribution in [2.24, 2.45) is 0 Å². The molecule has 5 heteroatoms. The van der Waals surface area contributed by atoms with Crippen LogP contribution in [0.2, 0.25) is 0 Å². The predicted octanol–water partition coefficient (Wildman–Crippen LogP) is 0.270. The Morgan fingerprint density at radius 1 is 1.70 bits per heavy atom. The normalized spacial score (nSPS) is 14.1. The van der Waals surface area contributed by atoms with Gasteiger partial charge in [-0.15, -0.1) is 0 Å². The molecule has 4 nitrogen and oxygen atoms in total. The molecule has 0 radical (unpaired) electrons. The molecule has 58 valence electrons. The van der Waals surface area contributed by atoms with E-state index in [1.54, 1.807) is 6.92 Å². The summed E-state index contributed by atoms with van der Waals surface area (Å²) in [7, 11) is -3.37. The lowest BCUT2D eigenvalue weighted by Crippen LogP contribution is -2.11. The summed E-state index contributed by atoms with van der Waals surface area (Å²) in [6.45, 7) is 8.01. The van der Waals surface area contributed by atoms with Crippen LogP contribution in [0.5, 0.6) is 0 Å². The highest BCUT2D eigenvalue weighted by Crippen LogP contribution is 1.93. The van der Waals surface area contributed by atoms with Crippen molar-refractivity contribution < 1.29 is 12.6 Å². The van der Waals surface area contributed by atoms with Gasteiger partial charge in [0.25, 0.3) is 10.1 Å². The van der Waals surface area contributed by atoms with E-state index < -0.39 is 16.2 Å². The molecule has 0 saturated carbocycles. The van der Waals surface area contributed by atoms with E-state index in [-0.39, 0.29) is 6.61 Å². The fourth-order valence-corrected chi connectivity index (χ4v) is 0.703. The fraction of sp³-hybridized carbons (Fsp3) is 0.800. The Morgan fingerprint density at radius 2 is 2.20 bits per heavy atom. The lowest BCUT2D eigenvalue weighted by molar-refractivity contribution is 0.314. The summed E-state index contributed by atoms with van der Waals surface area (Å²) in [6, 6.07) is -0.394. The summed E-state index contributed by atoms with van der Waals surface area (Å²) < 4.78 is 25.0. The maximum Gasteiger partial charge on any atom is 0.264 e. The van der Waals surface area contributed by atoms with E-state index in [1.165, 1.54) is 0 Å². The van der Waals surface area contributed by atoms with E-state index in [0.29, 0.717) is 0 Å². The maximum absolute atomic E-state index is 10.3. The van der Waals surface area contributed by atoms with Crippen molar-refractivity contribution >= 4 is 10.1 Å². The fourth-order valence-electron chi connectivity index (χ4n) is 0.259. The monoisotopic (exact) mass is 163 g/mol. The molecule has 0 heterocycles. The van der Waals surface area contributed by atoms with Crippen molar-refractivity contribution in [2.45, 2.75) is 13.0 Å². The van der Waals surface area contributed by atoms with Crippen LogP contribution in [0.25, 0.3) is 4.85 Å². The van der Waals surface area contributed by atoms with Crippen molar-refractivity contribution in [3.8, 4) is 0 Å². The van der Waals surface area contributed by atoms with Gasteiger partial charge in [0, 0.05) is 6.92 Å². The second-order valence-electron chi connectivity index (χ2n) is 1.97. The predicted molar refractivity (Wildman–Crippen MR) is 36.9 cm³/mol. The molecule has 0 aromatic heterocycles. The molecule has 0 saturated heterocycles. The molecule has 0 bridgehead atoms. The number of nitrogens with zero attached hydrogens (tertiary/aromatic N) is 1. The van der Waals surface area contributed by atoms with E-state index in [9.17, 15) is 8.42 Å². The highest BCUT2D eigenvalue weighted by atomic mass is 32.2. The van der Waals surface area contributed by atoms with Gasteiger partial charge in [0.15, 0.2) is 0 Å². The molecular formula is C5H9NO3S. The standard InChI is InChI=1S/C5H9NO3S/c1-5(6-2)4-9-10(3,7)8/h5H,4H2,1,3H3/t5-/m0/s1. The van der Waals surface area contributed by atoms with Crippen molar-refractivity contribution in [3.63, 3.8) is 0 Å². The van der Waals surface area contributed by atoms with Gasteiger partial charge in [-0.3, -0.25) is 4.18 Å². The molecule has 0 aliphatic rings. The van der Waals surface area contributed by atoms with Gasteiger partial charge in [0.2, 0.25) is 6.04 Å². The van der Waals surface area contributed by atoms with E-state index in [2.05, 4.69) is 9.03 Å². The molecule has 0 spiro atoms. The summed E-state index contributed by atoms with van der Waals surface area (Å²) in [5.74, 6) is 0. The van der Waals surface area contributed by atoms with Gasteiger partial charge in [0.05, 0.1) is 6.26 Å². The summed E-state index contributed by atoms with van der Waals surface area (Å²) in [5, 5.41) is 0. The average Bonchev–Trinajstić information content (AvgIpc) is 1.81. The van der Waals surface area contributed by atoms with Crippen LogP contribution in [-0.4, -0.2) is 27.3 Å². The third-order valence-electron chi connectivity index (χ3n) is 0.744. The van der Waals surface area contributed by atoms with Crippen LogP contribution in [0.3, 0.4) is 0 Å². The molecule has 0 N–H and O–H groups in total. The zero-order chi connectivity index (χ0) is 8.20. The van der Waals surface area contributed by atoms with Crippen molar-refractivity contribution in [1.29, 1.82) is 0 Å². The summed E-state index contributed by atoms with van der Waals surface area (Å²) in [6.07, 6.45) is 0.962. The Bertz CT molecular complexity index is 226. The number of hydrogen-bond acceptors (Lipinski definition) is 3. The molecule has 0 aromatic carbocycles. The van der Waals surface area contributed by atoms with Gasteiger partial charge in [-0.05, 0) is 0 Å². The zero-order valence-corrected chi connectivity index (χ0v) is 6.68. The van der Waals surface area contributed by atoms with Crippen LogP contribution in [0, 0.1) is 6.57 Å². The lowest BCUT2D eigenvalue weighted by atomic mass is 10.4. The van der Waals surface area contributed by atoms with Gasteiger partial charge in [-0.1, -0.05) is 0 Å². The highest BCUT2D eigenvalue weighted by Gasteiger charge is 2.08. The Hall–Kier alpha value is -0.600. The molecule has 0 amide bonds. The van der Waals surface area contributed by atoms with E-state index >= 15 is 0 Å². The molecule has 0 fully saturated rings. The van der Waals surface area contributed by atoms with Crippen LogP contribution in [0.15, 0.2) is 0 Å². The van der Waals surface area contributed by atoms with Crippen LogP contribution in [-0.2, 0) is 14.3 Å². The van der Waals surface area contributed by atoms with E-state index in [0.717, 1.165) is 6.26 Å². The minimum absolute atomic E-state index is 0.0532. The van der Waals surface area contributed by atoms with Crippen molar-refractivity contribution in [3.05, 3.63) is 11.4 Å². The molecule has 0 unspecified atom stereocenters. The minimum atomic E-state index is -3.37. The number of hydrogen-bond donors (Lipinski definition) is 0. The first-order chi connectivity index (χ1) is 4.45. The second-order valence-corrected chi connectivity index (χ2v) is 3.61. The van der Waals surface area contributed by atoms with Gasteiger partial charge in [-0.25, -0.2) is 6.57 Å². The summed E-state index contributed by atoms with van der Waals surface area (Å²) in [4.78, 5) is 3.05. The molecule has 1 atom stereocenters. The first-order valence-electron chi connectivity index (χ1n) is 2.66. The second kappa shape index (κ2) is 3.54. The van der Waals surface area contributed by atoms with Gasteiger partial charge in [0.1, 0.15) is 6.61 Å². The Kier molecular flexibility index (Phi) is 3.33. The summed E-state index contributed by atoms with van der Waals surface area (Å²) in [5.41, 5.74) is 0. The maximum atomic E-state index is 10.3. The van der Waals surface area contributed by atoms with Crippen LogP contribution < -0.4 is 0 Å². The van der Waals surface area contributed by atoms with Gasteiger partial charge >= 0.3 is 0 Å². The lowest BCUT2D eigenvalue weighted by Gasteiger charge is -1.97. The average molecular weight is 163 g/mol. The minimum Gasteiger partial charge on any atom is -0.311 e. The topological polar surface area (TPSA) is 47.7 Å². The highest BCUT2D eigenvalue weighted by molar-refractivity contribution is 7.85. The molecule has 0 rings (SSSR count). The molecule has 0 aliphatic heterocycles. The SMILES string of the molecule is [C-]#[N+][C@@H](C)COS(C)(=O)=O. The largest absolute Gasteiger partial charge is 0.311 e. The molecule has 0 aliphatic carbocycles. The Labute approximate surface area is 60.7 Å².